The third-order valence-corrected chi connectivity index (χ3v) is 6.26. The number of aromatic nitrogens is 1. The van der Waals surface area contributed by atoms with Gasteiger partial charge in [0.05, 0.1) is 0 Å². The molecule has 24 heavy (non-hydrogen) atoms. The molecule has 0 radical (unpaired) electrons. The monoisotopic (exact) mass is 327 g/mol. The standard InChI is InChI=1S/C20H29N3O/c24-20(18-8-10-21-11-9-18)23-14-17-6-7-19(15-23)22(13-17)12-16-4-2-1-3-5-16/h8-11,16-17,19H,1-7,12-15H2/t17-,19-/m1/s1. The van der Waals surface area contributed by atoms with Gasteiger partial charge in [-0.15, -0.1) is 0 Å². The van der Waals surface area contributed by atoms with E-state index < -0.39 is 0 Å². The van der Waals surface area contributed by atoms with Gasteiger partial charge in [0.2, 0.25) is 0 Å². The average molecular weight is 327 g/mol. The van der Waals surface area contributed by atoms with Crippen LogP contribution in [0.3, 0.4) is 0 Å². The van der Waals surface area contributed by atoms with E-state index in [1.165, 1.54) is 58.0 Å². The largest absolute Gasteiger partial charge is 0.337 e. The summed E-state index contributed by atoms with van der Waals surface area (Å²) >= 11 is 0. The number of carbonyl (C=O) groups excluding carboxylic acids is 1. The quantitative estimate of drug-likeness (QED) is 0.855. The van der Waals surface area contributed by atoms with Gasteiger partial charge in [0.25, 0.3) is 5.91 Å². The predicted molar refractivity (Wildman–Crippen MR) is 94.8 cm³/mol. The van der Waals surface area contributed by atoms with Crippen LogP contribution < -0.4 is 0 Å². The van der Waals surface area contributed by atoms with E-state index in [4.69, 9.17) is 0 Å². The molecule has 3 aliphatic heterocycles. The Morgan fingerprint density at radius 2 is 1.79 bits per heavy atom. The minimum absolute atomic E-state index is 0.189. The van der Waals surface area contributed by atoms with Crippen LogP contribution in [0.5, 0.6) is 0 Å². The van der Waals surface area contributed by atoms with E-state index in [1.807, 2.05) is 12.1 Å². The van der Waals surface area contributed by atoms with Crippen molar-refractivity contribution in [3.8, 4) is 0 Å². The lowest BCUT2D eigenvalue weighted by atomic mass is 9.87. The molecule has 3 saturated heterocycles. The molecular formula is C20H29N3O. The van der Waals surface area contributed by atoms with E-state index in [2.05, 4.69) is 14.8 Å². The van der Waals surface area contributed by atoms with Crippen LogP contribution in [0.15, 0.2) is 24.5 Å². The van der Waals surface area contributed by atoms with Gasteiger partial charge in [0.15, 0.2) is 0 Å². The predicted octanol–water partition coefficient (Wildman–Crippen LogP) is 3.20. The zero-order valence-electron chi connectivity index (χ0n) is 14.6. The second-order valence-electron chi connectivity index (χ2n) is 8.00. The first-order chi connectivity index (χ1) is 11.8. The molecule has 1 aromatic heterocycles. The molecule has 5 rings (SSSR count). The lowest BCUT2D eigenvalue weighted by Crippen LogP contribution is -2.46. The molecule has 0 unspecified atom stereocenters. The van der Waals surface area contributed by atoms with Crippen molar-refractivity contribution < 1.29 is 4.79 Å². The Morgan fingerprint density at radius 3 is 2.58 bits per heavy atom. The van der Waals surface area contributed by atoms with Gasteiger partial charge in [-0.05, 0) is 49.7 Å². The molecule has 1 saturated carbocycles. The van der Waals surface area contributed by atoms with E-state index >= 15 is 0 Å². The zero-order valence-corrected chi connectivity index (χ0v) is 14.6. The van der Waals surface area contributed by atoms with Gasteiger partial charge in [-0.3, -0.25) is 14.7 Å². The topological polar surface area (TPSA) is 36.4 Å². The van der Waals surface area contributed by atoms with Gasteiger partial charge in [-0.1, -0.05) is 19.3 Å². The summed E-state index contributed by atoms with van der Waals surface area (Å²) in [5, 5.41) is 0. The van der Waals surface area contributed by atoms with Crippen molar-refractivity contribution in [1.29, 1.82) is 0 Å². The van der Waals surface area contributed by atoms with Crippen LogP contribution in [0.1, 0.15) is 55.3 Å². The van der Waals surface area contributed by atoms with Gasteiger partial charge in [0.1, 0.15) is 0 Å². The number of hydrogen-bond acceptors (Lipinski definition) is 3. The molecule has 4 heteroatoms. The van der Waals surface area contributed by atoms with Gasteiger partial charge >= 0.3 is 0 Å². The van der Waals surface area contributed by atoms with Crippen LogP contribution in [0, 0.1) is 11.8 Å². The second kappa shape index (κ2) is 7.22. The highest BCUT2D eigenvalue weighted by Gasteiger charge is 2.37. The Labute approximate surface area is 145 Å². The molecule has 130 valence electrons. The zero-order chi connectivity index (χ0) is 16.4. The average Bonchev–Trinajstić information content (AvgIpc) is 2.94. The molecule has 4 fully saturated rings. The van der Waals surface area contributed by atoms with Crippen molar-refractivity contribution in [1.82, 2.24) is 14.8 Å². The molecule has 2 atom stereocenters. The highest BCUT2D eigenvalue weighted by atomic mass is 16.2. The maximum Gasteiger partial charge on any atom is 0.254 e. The lowest BCUT2D eigenvalue weighted by Gasteiger charge is -2.39. The number of amides is 1. The summed E-state index contributed by atoms with van der Waals surface area (Å²) in [4.78, 5) is 21.7. The Bertz CT molecular complexity index is 555. The first-order valence-corrected chi connectivity index (χ1v) is 9.73. The molecule has 0 N–H and O–H groups in total. The van der Waals surface area contributed by atoms with E-state index in [9.17, 15) is 4.79 Å². The molecule has 1 amide bonds. The molecule has 4 heterocycles. The highest BCUT2D eigenvalue weighted by Crippen LogP contribution is 2.32. The molecule has 0 aromatic carbocycles. The third kappa shape index (κ3) is 3.49. The Morgan fingerprint density at radius 1 is 1.00 bits per heavy atom. The van der Waals surface area contributed by atoms with Crippen molar-refractivity contribution in [2.24, 2.45) is 11.8 Å². The first kappa shape index (κ1) is 16.1. The SMILES string of the molecule is O=C(c1ccncc1)N1C[C@@H]2CC[C@H](C1)N(CC1CCCCC1)C2. The Hall–Kier alpha value is -1.42. The summed E-state index contributed by atoms with van der Waals surface area (Å²) in [6.45, 7) is 4.29. The number of rotatable bonds is 3. The normalized spacial score (nSPS) is 28.8. The molecule has 2 bridgehead atoms. The number of piperidine rings is 1. The number of pyridine rings is 1. The van der Waals surface area contributed by atoms with Gasteiger partial charge in [0, 0.05) is 50.2 Å². The van der Waals surface area contributed by atoms with Gasteiger partial charge in [-0.2, -0.15) is 0 Å². The number of hydrogen-bond donors (Lipinski definition) is 0. The Kier molecular flexibility index (Phi) is 4.83. The fraction of sp³-hybridized carbons (Fsp3) is 0.700. The summed E-state index contributed by atoms with van der Waals surface area (Å²) in [5.41, 5.74) is 0.783. The van der Waals surface area contributed by atoms with Crippen molar-refractivity contribution in [3.05, 3.63) is 30.1 Å². The summed E-state index contributed by atoms with van der Waals surface area (Å²) in [5.74, 6) is 1.73. The number of fused-ring (bicyclic) bond motifs is 4. The first-order valence-electron chi connectivity index (χ1n) is 9.73. The number of nitrogens with zero attached hydrogens (tertiary/aromatic N) is 3. The molecule has 4 nitrogen and oxygen atoms in total. The van der Waals surface area contributed by atoms with Crippen molar-refractivity contribution in [2.45, 2.75) is 51.0 Å². The fourth-order valence-electron chi connectivity index (χ4n) is 4.95. The van der Waals surface area contributed by atoms with Crippen molar-refractivity contribution >= 4 is 5.91 Å². The third-order valence-electron chi connectivity index (χ3n) is 6.26. The van der Waals surface area contributed by atoms with Crippen LogP contribution in [0.25, 0.3) is 0 Å². The van der Waals surface area contributed by atoms with Crippen LogP contribution in [-0.4, -0.2) is 52.9 Å². The minimum Gasteiger partial charge on any atom is -0.337 e. The maximum absolute atomic E-state index is 12.8. The molecule has 0 spiro atoms. The van der Waals surface area contributed by atoms with E-state index in [1.54, 1.807) is 12.4 Å². The van der Waals surface area contributed by atoms with Gasteiger partial charge in [-0.25, -0.2) is 0 Å². The summed E-state index contributed by atoms with van der Waals surface area (Å²) in [6, 6.07) is 4.25. The Balaban J connectivity index is 1.43. The van der Waals surface area contributed by atoms with E-state index in [0.29, 0.717) is 12.0 Å². The fourth-order valence-corrected chi connectivity index (χ4v) is 4.95. The minimum atomic E-state index is 0.189. The van der Waals surface area contributed by atoms with Crippen LogP contribution in [0.4, 0.5) is 0 Å². The smallest absolute Gasteiger partial charge is 0.254 e. The molecule has 1 aliphatic carbocycles. The van der Waals surface area contributed by atoms with Crippen LogP contribution in [-0.2, 0) is 0 Å². The van der Waals surface area contributed by atoms with Crippen LogP contribution >= 0.6 is 0 Å². The summed E-state index contributed by atoms with van der Waals surface area (Å²) in [6.07, 6.45) is 13.1. The van der Waals surface area contributed by atoms with E-state index in [-0.39, 0.29) is 5.91 Å². The van der Waals surface area contributed by atoms with Gasteiger partial charge < -0.3 is 4.90 Å². The number of carbonyl (C=O) groups is 1. The lowest BCUT2D eigenvalue weighted by molar-refractivity contribution is 0.0727. The molecule has 4 aliphatic rings. The van der Waals surface area contributed by atoms with E-state index in [0.717, 1.165) is 24.6 Å². The highest BCUT2D eigenvalue weighted by molar-refractivity contribution is 5.94. The van der Waals surface area contributed by atoms with Crippen LogP contribution in [0.2, 0.25) is 0 Å². The van der Waals surface area contributed by atoms with Crippen molar-refractivity contribution in [3.63, 3.8) is 0 Å². The molecule has 1 aromatic rings. The second-order valence-corrected chi connectivity index (χ2v) is 8.00. The summed E-state index contributed by atoms with van der Waals surface area (Å²) in [7, 11) is 0. The van der Waals surface area contributed by atoms with Crippen molar-refractivity contribution in [2.75, 3.05) is 26.2 Å². The summed E-state index contributed by atoms with van der Waals surface area (Å²) < 4.78 is 0. The molecular weight excluding hydrogens is 298 g/mol. The maximum atomic E-state index is 12.8.